The number of aryl methyl sites for hydroxylation is 2. The van der Waals surface area contributed by atoms with E-state index in [4.69, 9.17) is 0 Å². The molecule has 1 aromatic rings. The maximum Gasteiger partial charge on any atom is 0.0628 e. The molecular weight excluding hydrogens is 262 g/mol. The van der Waals surface area contributed by atoms with Crippen LogP contribution in [0.25, 0.3) is 0 Å². The second-order valence-corrected chi connectivity index (χ2v) is 6.42. The molecule has 1 heterocycles. The van der Waals surface area contributed by atoms with Crippen LogP contribution in [0, 0.1) is 13.8 Å². The largest absolute Gasteiger partial charge is 0.394 e. The molecule has 1 unspecified atom stereocenters. The van der Waals surface area contributed by atoms with Crippen LogP contribution in [0.15, 0.2) is 0 Å². The van der Waals surface area contributed by atoms with Crippen LogP contribution in [0.2, 0.25) is 0 Å². The van der Waals surface area contributed by atoms with Crippen LogP contribution in [0.4, 0.5) is 0 Å². The summed E-state index contributed by atoms with van der Waals surface area (Å²) in [5.41, 5.74) is 3.66. The number of nitrogens with zero attached hydrogens (tertiary/aromatic N) is 2. The van der Waals surface area contributed by atoms with Crippen molar-refractivity contribution < 1.29 is 5.11 Å². The molecular formula is C17H33N3O. The Balaban J connectivity index is 2.66. The summed E-state index contributed by atoms with van der Waals surface area (Å²) < 4.78 is 2.13. The molecule has 0 fully saturated rings. The van der Waals surface area contributed by atoms with Crippen molar-refractivity contribution in [2.24, 2.45) is 0 Å². The Kier molecular flexibility index (Phi) is 6.88. The molecule has 0 aliphatic rings. The van der Waals surface area contributed by atoms with Crippen LogP contribution in [0.1, 0.15) is 63.9 Å². The Hall–Kier alpha value is -0.870. The highest BCUT2D eigenvalue weighted by Crippen LogP contribution is 2.20. The molecule has 1 aromatic heterocycles. The van der Waals surface area contributed by atoms with Gasteiger partial charge in [0, 0.05) is 23.8 Å². The zero-order valence-corrected chi connectivity index (χ0v) is 14.7. The minimum absolute atomic E-state index is 0.155. The van der Waals surface area contributed by atoms with Crippen LogP contribution in [-0.2, 0) is 13.0 Å². The van der Waals surface area contributed by atoms with Gasteiger partial charge in [0.2, 0.25) is 0 Å². The lowest BCUT2D eigenvalue weighted by atomic mass is 9.90. The molecule has 0 amide bonds. The Morgan fingerprint density at radius 2 is 1.95 bits per heavy atom. The predicted molar refractivity (Wildman–Crippen MR) is 88.7 cm³/mol. The number of aliphatic hydroxyl groups excluding tert-OH is 1. The summed E-state index contributed by atoms with van der Waals surface area (Å²) in [5, 5.41) is 18.0. The lowest BCUT2D eigenvalue weighted by Crippen LogP contribution is -2.51. The van der Waals surface area contributed by atoms with Crippen LogP contribution < -0.4 is 5.32 Å². The minimum Gasteiger partial charge on any atom is -0.394 e. The average molecular weight is 295 g/mol. The summed E-state index contributed by atoms with van der Waals surface area (Å²) in [7, 11) is 0. The van der Waals surface area contributed by atoms with Gasteiger partial charge in [-0.05, 0) is 45.1 Å². The standard InChI is InChI=1S/C17H33N3O/c1-7-16-14(5)19-20(15(16)6)11-9-10-17(8-2,12-21)18-13(3)4/h13,18,21H,7-12H2,1-6H3. The first-order chi connectivity index (χ1) is 9.89. The van der Waals surface area contributed by atoms with Crippen molar-refractivity contribution >= 4 is 0 Å². The zero-order valence-electron chi connectivity index (χ0n) is 14.7. The average Bonchev–Trinajstić information content (AvgIpc) is 2.71. The summed E-state index contributed by atoms with van der Waals surface area (Å²) in [6.07, 6.45) is 3.98. The summed E-state index contributed by atoms with van der Waals surface area (Å²) in [6.45, 7) is 14.0. The number of aromatic nitrogens is 2. The van der Waals surface area contributed by atoms with Gasteiger partial charge in [-0.3, -0.25) is 4.68 Å². The van der Waals surface area contributed by atoms with E-state index in [1.165, 1.54) is 11.3 Å². The predicted octanol–water partition coefficient (Wildman–Crippen LogP) is 2.98. The smallest absolute Gasteiger partial charge is 0.0628 e. The summed E-state index contributed by atoms with van der Waals surface area (Å²) in [5.74, 6) is 0. The van der Waals surface area contributed by atoms with E-state index in [-0.39, 0.29) is 12.1 Å². The third-order valence-corrected chi connectivity index (χ3v) is 4.48. The van der Waals surface area contributed by atoms with Gasteiger partial charge in [-0.15, -0.1) is 0 Å². The fourth-order valence-electron chi connectivity index (χ4n) is 3.23. The van der Waals surface area contributed by atoms with E-state index >= 15 is 0 Å². The van der Waals surface area contributed by atoms with Crippen LogP contribution in [0.5, 0.6) is 0 Å². The van der Waals surface area contributed by atoms with E-state index in [1.54, 1.807) is 0 Å². The molecule has 0 saturated carbocycles. The van der Waals surface area contributed by atoms with E-state index in [9.17, 15) is 5.11 Å². The van der Waals surface area contributed by atoms with Gasteiger partial charge in [0.25, 0.3) is 0 Å². The number of rotatable bonds is 9. The molecule has 4 nitrogen and oxygen atoms in total. The first-order valence-electron chi connectivity index (χ1n) is 8.30. The molecule has 0 bridgehead atoms. The quantitative estimate of drug-likeness (QED) is 0.736. The molecule has 0 radical (unpaired) electrons. The molecule has 0 saturated heterocycles. The first kappa shape index (κ1) is 18.2. The van der Waals surface area contributed by atoms with Crippen molar-refractivity contribution in [2.75, 3.05) is 6.61 Å². The fraction of sp³-hybridized carbons (Fsp3) is 0.824. The second-order valence-electron chi connectivity index (χ2n) is 6.42. The molecule has 122 valence electrons. The van der Waals surface area contributed by atoms with Gasteiger partial charge in [0.05, 0.1) is 12.3 Å². The van der Waals surface area contributed by atoms with E-state index in [0.29, 0.717) is 6.04 Å². The van der Waals surface area contributed by atoms with Gasteiger partial charge in [-0.25, -0.2) is 0 Å². The summed E-state index contributed by atoms with van der Waals surface area (Å²) >= 11 is 0. The fourth-order valence-corrected chi connectivity index (χ4v) is 3.23. The Morgan fingerprint density at radius 3 is 2.38 bits per heavy atom. The third-order valence-electron chi connectivity index (χ3n) is 4.48. The lowest BCUT2D eigenvalue weighted by Gasteiger charge is -2.34. The molecule has 1 rings (SSSR count). The van der Waals surface area contributed by atoms with Crippen molar-refractivity contribution in [1.29, 1.82) is 0 Å². The van der Waals surface area contributed by atoms with Gasteiger partial charge in [-0.2, -0.15) is 5.10 Å². The first-order valence-corrected chi connectivity index (χ1v) is 8.30. The highest BCUT2D eigenvalue weighted by atomic mass is 16.3. The van der Waals surface area contributed by atoms with Crippen molar-refractivity contribution in [3.8, 4) is 0 Å². The topological polar surface area (TPSA) is 50.1 Å². The van der Waals surface area contributed by atoms with E-state index < -0.39 is 0 Å². The zero-order chi connectivity index (χ0) is 16.0. The maximum atomic E-state index is 9.78. The van der Waals surface area contributed by atoms with Gasteiger partial charge < -0.3 is 10.4 Å². The number of hydrogen-bond acceptors (Lipinski definition) is 3. The second kappa shape index (κ2) is 7.95. The van der Waals surface area contributed by atoms with Gasteiger partial charge in [-0.1, -0.05) is 27.7 Å². The molecule has 2 N–H and O–H groups in total. The highest BCUT2D eigenvalue weighted by Gasteiger charge is 2.27. The molecule has 0 aromatic carbocycles. The monoisotopic (exact) mass is 295 g/mol. The normalized spacial score (nSPS) is 14.7. The Morgan fingerprint density at radius 1 is 1.29 bits per heavy atom. The number of aliphatic hydroxyl groups is 1. The van der Waals surface area contributed by atoms with Crippen molar-refractivity contribution in [2.45, 2.75) is 85.4 Å². The summed E-state index contributed by atoms with van der Waals surface area (Å²) in [6, 6.07) is 0.387. The van der Waals surface area contributed by atoms with Crippen molar-refractivity contribution in [3.05, 3.63) is 17.0 Å². The van der Waals surface area contributed by atoms with E-state index in [2.05, 4.69) is 56.6 Å². The van der Waals surface area contributed by atoms with E-state index in [0.717, 1.165) is 37.9 Å². The van der Waals surface area contributed by atoms with Crippen molar-refractivity contribution in [1.82, 2.24) is 15.1 Å². The molecule has 0 aliphatic heterocycles. The van der Waals surface area contributed by atoms with Crippen LogP contribution in [0.3, 0.4) is 0 Å². The van der Waals surface area contributed by atoms with Crippen LogP contribution in [-0.4, -0.2) is 33.1 Å². The molecule has 0 aliphatic carbocycles. The van der Waals surface area contributed by atoms with Gasteiger partial charge in [0.15, 0.2) is 0 Å². The number of hydrogen-bond donors (Lipinski definition) is 2. The van der Waals surface area contributed by atoms with Gasteiger partial charge >= 0.3 is 0 Å². The number of nitrogens with one attached hydrogen (secondary N) is 1. The van der Waals surface area contributed by atoms with Crippen molar-refractivity contribution in [3.63, 3.8) is 0 Å². The minimum atomic E-state index is -0.155. The molecule has 1 atom stereocenters. The SMILES string of the molecule is CCc1c(C)nn(CCCC(CC)(CO)NC(C)C)c1C. The van der Waals surface area contributed by atoms with E-state index in [1.807, 2.05) is 0 Å². The lowest BCUT2D eigenvalue weighted by molar-refractivity contribution is 0.133. The summed E-state index contributed by atoms with van der Waals surface area (Å²) in [4.78, 5) is 0. The van der Waals surface area contributed by atoms with Crippen LogP contribution >= 0.6 is 0 Å². The maximum absolute atomic E-state index is 9.78. The Bertz CT molecular complexity index is 433. The molecule has 21 heavy (non-hydrogen) atoms. The van der Waals surface area contributed by atoms with Gasteiger partial charge in [0.1, 0.15) is 0 Å². The highest BCUT2D eigenvalue weighted by molar-refractivity contribution is 5.24. The molecule has 0 spiro atoms. The molecule has 4 heteroatoms. The third kappa shape index (κ3) is 4.55. The Labute approximate surface area is 129 Å².